The summed E-state index contributed by atoms with van der Waals surface area (Å²) in [6.07, 6.45) is 4.00. The highest BCUT2D eigenvalue weighted by molar-refractivity contribution is 6.30. The second kappa shape index (κ2) is 5.34. The fourth-order valence-electron chi connectivity index (χ4n) is 1.78. The van der Waals surface area contributed by atoms with E-state index in [1.807, 2.05) is 12.1 Å². The lowest BCUT2D eigenvalue weighted by Gasteiger charge is -2.27. The van der Waals surface area contributed by atoms with E-state index in [0.717, 1.165) is 18.4 Å². The molecule has 0 fully saturated rings. The van der Waals surface area contributed by atoms with Crippen molar-refractivity contribution in [3.8, 4) is 0 Å². The zero-order valence-electron chi connectivity index (χ0n) is 9.04. The molecule has 82 valence electrons. The van der Waals surface area contributed by atoms with Crippen LogP contribution in [0.15, 0.2) is 36.9 Å². The van der Waals surface area contributed by atoms with E-state index in [9.17, 15) is 5.11 Å². The van der Waals surface area contributed by atoms with E-state index in [1.54, 1.807) is 18.2 Å². The van der Waals surface area contributed by atoms with Crippen LogP contribution in [0.3, 0.4) is 0 Å². The van der Waals surface area contributed by atoms with Gasteiger partial charge >= 0.3 is 0 Å². The summed E-state index contributed by atoms with van der Waals surface area (Å²) >= 11 is 5.81. The van der Waals surface area contributed by atoms with Gasteiger partial charge in [0.1, 0.15) is 0 Å². The summed E-state index contributed by atoms with van der Waals surface area (Å²) in [5.41, 5.74) is 0.120. The Bertz CT molecular complexity index is 318. The van der Waals surface area contributed by atoms with Crippen molar-refractivity contribution in [2.45, 2.75) is 31.8 Å². The summed E-state index contributed by atoms with van der Waals surface area (Å²) in [6.45, 7) is 5.74. The first-order valence-electron chi connectivity index (χ1n) is 5.21. The molecule has 2 heteroatoms. The van der Waals surface area contributed by atoms with Crippen LogP contribution in [0.25, 0.3) is 0 Å². The molecule has 0 radical (unpaired) electrons. The second-order valence-electron chi connectivity index (χ2n) is 3.78. The molecule has 0 saturated carbocycles. The van der Waals surface area contributed by atoms with Crippen molar-refractivity contribution in [3.63, 3.8) is 0 Å². The first-order valence-corrected chi connectivity index (χ1v) is 5.59. The van der Waals surface area contributed by atoms with E-state index in [0.29, 0.717) is 11.4 Å². The van der Waals surface area contributed by atoms with Crippen LogP contribution >= 0.6 is 11.6 Å². The van der Waals surface area contributed by atoms with Crippen LogP contribution in [0.4, 0.5) is 0 Å². The molecule has 0 amide bonds. The summed E-state index contributed by atoms with van der Waals surface area (Å²) in [5, 5.41) is 11.2. The third-order valence-corrected chi connectivity index (χ3v) is 2.78. The smallest absolute Gasteiger partial charge is 0.0930 e. The van der Waals surface area contributed by atoms with Crippen molar-refractivity contribution >= 4 is 11.6 Å². The van der Waals surface area contributed by atoms with Gasteiger partial charge in [-0.15, -0.1) is 6.58 Å². The predicted molar refractivity (Wildman–Crippen MR) is 65.1 cm³/mol. The van der Waals surface area contributed by atoms with Gasteiger partial charge in [0.05, 0.1) is 5.60 Å². The van der Waals surface area contributed by atoms with Crippen LogP contribution < -0.4 is 0 Å². The Kier molecular flexibility index (Phi) is 4.37. The highest BCUT2D eigenvalue weighted by Crippen LogP contribution is 2.31. The first kappa shape index (κ1) is 12.3. The number of hydrogen-bond donors (Lipinski definition) is 1. The Balaban J connectivity index is 2.97. The molecule has 0 aliphatic carbocycles. The van der Waals surface area contributed by atoms with Gasteiger partial charge < -0.3 is 5.11 Å². The van der Waals surface area contributed by atoms with Crippen molar-refractivity contribution in [2.24, 2.45) is 0 Å². The molecule has 1 rings (SSSR count). The number of hydrogen-bond acceptors (Lipinski definition) is 1. The molecule has 1 atom stereocenters. The van der Waals surface area contributed by atoms with Crippen molar-refractivity contribution in [1.82, 2.24) is 0 Å². The molecular formula is C13H17ClO. The van der Waals surface area contributed by atoms with Gasteiger partial charge in [0, 0.05) is 5.02 Å². The third kappa shape index (κ3) is 3.08. The van der Waals surface area contributed by atoms with Crippen molar-refractivity contribution in [1.29, 1.82) is 0 Å². The quantitative estimate of drug-likeness (QED) is 0.752. The topological polar surface area (TPSA) is 20.2 Å². The standard InChI is InChI=1S/C13H17ClO/c1-3-9-13(15,10-4-2)11-5-7-12(14)8-6-11/h3,5-8,15H,1,4,9-10H2,2H3. The average Bonchev–Trinajstić information content (AvgIpc) is 2.19. The van der Waals surface area contributed by atoms with Crippen molar-refractivity contribution in [3.05, 3.63) is 47.5 Å². The molecule has 0 aliphatic heterocycles. The van der Waals surface area contributed by atoms with Gasteiger partial charge in [-0.2, -0.15) is 0 Å². The summed E-state index contributed by atoms with van der Waals surface area (Å²) < 4.78 is 0. The zero-order chi connectivity index (χ0) is 11.3. The molecule has 1 unspecified atom stereocenters. The van der Waals surface area contributed by atoms with E-state index in [1.165, 1.54) is 0 Å². The average molecular weight is 225 g/mol. The molecule has 0 aliphatic rings. The Morgan fingerprint density at radius 2 is 2.00 bits per heavy atom. The van der Waals surface area contributed by atoms with Crippen LogP contribution in [-0.2, 0) is 5.60 Å². The molecule has 1 nitrogen and oxygen atoms in total. The van der Waals surface area contributed by atoms with E-state index in [4.69, 9.17) is 11.6 Å². The molecule has 0 heterocycles. The minimum Gasteiger partial charge on any atom is -0.385 e. The van der Waals surface area contributed by atoms with Gasteiger partial charge in [-0.3, -0.25) is 0 Å². The first-order chi connectivity index (χ1) is 7.12. The Labute approximate surface area is 96.4 Å². The summed E-state index contributed by atoms with van der Waals surface area (Å²) in [6, 6.07) is 7.37. The molecule has 0 spiro atoms. The number of benzene rings is 1. The second-order valence-corrected chi connectivity index (χ2v) is 4.22. The molecular weight excluding hydrogens is 208 g/mol. The summed E-state index contributed by atoms with van der Waals surface area (Å²) in [5.74, 6) is 0. The molecule has 15 heavy (non-hydrogen) atoms. The molecule has 1 aromatic carbocycles. The predicted octanol–water partition coefficient (Wildman–Crippen LogP) is 3.90. The Morgan fingerprint density at radius 1 is 1.40 bits per heavy atom. The maximum absolute atomic E-state index is 10.5. The largest absolute Gasteiger partial charge is 0.385 e. The van der Waals surface area contributed by atoms with Crippen LogP contribution in [0.2, 0.25) is 5.02 Å². The minimum atomic E-state index is -0.791. The summed E-state index contributed by atoms with van der Waals surface area (Å²) in [7, 11) is 0. The zero-order valence-corrected chi connectivity index (χ0v) is 9.80. The monoisotopic (exact) mass is 224 g/mol. The molecule has 0 aromatic heterocycles. The fourth-order valence-corrected chi connectivity index (χ4v) is 1.90. The molecule has 0 bridgehead atoms. The van der Waals surface area contributed by atoms with Gasteiger partial charge in [0.25, 0.3) is 0 Å². The van der Waals surface area contributed by atoms with Crippen LogP contribution in [-0.4, -0.2) is 5.11 Å². The van der Waals surface area contributed by atoms with Gasteiger partial charge in [0.15, 0.2) is 0 Å². The maximum Gasteiger partial charge on any atom is 0.0930 e. The van der Waals surface area contributed by atoms with Gasteiger partial charge in [-0.1, -0.05) is 43.2 Å². The SMILES string of the molecule is C=CCC(O)(CCC)c1ccc(Cl)cc1. The van der Waals surface area contributed by atoms with E-state index in [2.05, 4.69) is 13.5 Å². The van der Waals surface area contributed by atoms with Crippen molar-refractivity contribution < 1.29 is 5.11 Å². The third-order valence-electron chi connectivity index (χ3n) is 2.53. The number of aliphatic hydroxyl groups is 1. The Morgan fingerprint density at radius 3 is 2.47 bits per heavy atom. The van der Waals surface area contributed by atoms with Crippen LogP contribution in [0, 0.1) is 0 Å². The lowest BCUT2D eigenvalue weighted by atomic mass is 9.86. The van der Waals surface area contributed by atoms with Gasteiger partial charge in [0.2, 0.25) is 0 Å². The molecule has 1 aromatic rings. The van der Waals surface area contributed by atoms with E-state index < -0.39 is 5.60 Å². The van der Waals surface area contributed by atoms with E-state index >= 15 is 0 Å². The highest BCUT2D eigenvalue weighted by Gasteiger charge is 2.26. The minimum absolute atomic E-state index is 0.572. The van der Waals surface area contributed by atoms with Crippen LogP contribution in [0.1, 0.15) is 31.7 Å². The van der Waals surface area contributed by atoms with Crippen LogP contribution in [0.5, 0.6) is 0 Å². The van der Waals surface area contributed by atoms with Gasteiger partial charge in [-0.05, 0) is 30.5 Å². The van der Waals surface area contributed by atoms with E-state index in [-0.39, 0.29) is 0 Å². The Hall–Kier alpha value is -0.790. The lowest BCUT2D eigenvalue weighted by Crippen LogP contribution is -2.24. The molecule has 0 saturated heterocycles. The normalized spacial score (nSPS) is 14.6. The number of halogens is 1. The highest BCUT2D eigenvalue weighted by atomic mass is 35.5. The van der Waals surface area contributed by atoms with Gasteiger partial charge in [-0.25, -0.2) is 0 Å². The molecule has 1 N–H and O–H groups in total. The lowest BCUT2D eigenvalue weighted by molar-refractivity contribution is 0.0297. The fraction of sp³-hybridized carbons (Fsp3) is 0.385. The number of rotatable bonds is 5. The van der Waals surface area contributed by atoms with Crippen molar-refractivity contribution in [2.75, 3.05) is 0 Å². The summed E-state index contributed by atoms with van der Waals surface area (Å²) in [4.78, 5) is 0. The maximum atomic E-state index is 10.5.